The first kappa shape index (κ1) is 36.8. The molecule has 0 radical (unpaired) electrons. The van der Waals surface area contributed by atoms with Gasteiger partial charge in [-0.1, -0.05) is 74.5 Å². The maximum absolute atomic E-state index is 11.0. The van der Waals surface area contributed by atoms with Gasteiger partial charge in [0.25, 0.3) is 0 Å². The summed E-state index contributed by atoms with van der Waals surface area (Å²) in [5.74, 6) is 2.90. The number of aryl methyl sites for hydroxylation is 2. The van der Waals surface area contributed by atoms with Crippen molar-refractivity contribution in [3.05, 3.63) is 89.1 Å². The highest BCUT2D eigenvalue weighted by molar-refractivity contribution is 6.31. The summed E-state index contributed by atoms with van der Waals surface area (Å²) in [5.41, 5.74) is 9.29. The highest BCUT2D eigenvalue weighted by atomic mass is 35.5. The van der Waals surface area contributed by atoms with Crippen LogP contribution in [0.15, 0.2) is 65.1 Å². The number of halogens is 1. The van der Waals surface area contributed by atoms with Crippen molar-refractivity contribution in [2.75, 3.05) is 26.2 Å². The van der Waals surface area contributed by atoms with Crippen LogP contribution >= 0.6 is 11.6 Å². The number of Topliss-reactive ketones (excluding diaryl/α,β-unsaturated/α-hetero) is 1. The van der Waals surface area contributed by atoms with E-state index in [1.807, 2.05) is 6.07 Å². The van der Waals surface area contributed by atoms with Crippen LogP contribution in [0.4, 0.5) is 0 Å². The summed E-state index contributed by atoms with van der Waals surface area (Å²) in [4.78, 5) is 31.4. The predicted octanol–water partition coefficient (Wildman–Crippen LogP) is 7.69. The third-order valence-corrected chi connectivity index (χ3v) is 10.2. The summed E-state index contributed by atoms with van der Waals surface area (Å²) in [7, 11) is 0. The molecule has 4 aliphatic rings. The number of nitrogens with two attached hydrogens (primary N) is 1. The van der Waals surface area contributed by atoms with Crippen LogP contribution in [0, 0.1) is 5.92 Å². The summed E-state index contributed by atoms with van der Waals surface area (Å²) in [5, 5.41) is -0.163. The number of carbonyl (C=O) groups excluding carboxylic acids is 2. The normalized spacial score (nSPS) is 20.9. The molecule has 3 heterocycles. The highest BCUT2D eigenvalue weighted by Gasteiger charge is 2.27. The number of primary amides is 1. The number of ketones is 1. The number of benzene rings is 2. The molecule has 1 aromatic heterocycles. The third kappa shape index (κ3) is 11.6. The van der Waals surface area contributed by atoms with Crippen LogP contribution in [0.2, 0.25) is 0 Å². The topological polar surface area (TPSA) is 92.7 Å². The number of nitrogens with zero attached hydrogens (tertiary/aromatic N) is 3. The molecule has 2 aromatic carbocycles. The average Bonchev–Trinajstić information content (AvgIpc) is 3.53. The fraction of sp³-hybridized carbons (Fsp3) is 0.564. The molecule has 1 unspecified atom stereocenters. The van der Waals surface area contributed by atoms with Crippen LogP contribution in [-0.2, 0) is 35.5 Å². The first-order valence-corrected chi connectivity index (χ1v) is 17.9. The standard InChI is InChI=1S/C19H24N2O.C13H18N2O.C6H9ClO.CH4/c1-2-6-15(7-3-1)14-21-12-10-16(11-13-21)19-20-17-8-4-5-9-18(17)22-19;14-13(16)12-6-8-15(9-7-12)10-11-4-2-1-3-5-11;7-5-3-1-2-4-6(5)8;/h1-3,6-7,16H,4-5,8-14H2;1-5,12H,6-10H2,(H2,14,16);5H,1-4H2;1H4. The van der Waals surface area contributed by atoms with Crippen LogP contribution in [-0.4, -0.2) is 58.0 Å². The Bertz CT molecular complexity index is 1330. The lowest BCUT2D eigenvalue weighted by atomic mass is 9.96. The first-order valence-electron chi connectivity index (χ1n) is 17.4. The number of amides is 1. The van der Waals surface area contributed by atoms with E-state index in [0.29, 0.717) is 12.3 Å². The van der Waals surface area contributed by atoms with E-state index in [1.54, 1.807) is 0 Å². The maximum atomic E-state index is 11.0. The Morgan fingerprint density at radius 1 is 0.766 bits per heavy atom. The lowest BCUT2D eigenvalue weighted by molar-refractivity contribution is -0.123. The van der Waals surface area contributed by atoms with E-state index in [-0.39, 0.29) is 30.4 Å². The SMILES string of the molecule is C.NC(=O)C1CCN(Cc2ccccc2)CC1.O=C1CCCCC1Cl.c1ccc(CN2CCC(c3nc4c(o3)CCCC4)CC2)cc1. The second kappa shape index (κ2) is 19.1. The van der Waals surface area contributed by atoms with Gasteiger partial charge in [0.15, 0.2) is 11.7 Å². The first-order chi connectivity index (χ1) is 22.4. The third-order valence-electron chi connectivity index (χ3n) is 9.77. The second-order valence-electron chi connectivity index (χ2n) is 13.3. The van der Waals surface area contributed by atoms with Crippen molar-refractivity contribution in [1.29, 1.82) is 0 Å². The van der Waals surface area contributed by atoms with Crippen LogP contribution in [0.1, 0.15) is 106 Å². The number of fused-ring (bicyclic) bond motifs is 1. The van der Waals surface area contributed by atoms with Crippen LogP contribution in [0.25, 0.3) is 0 Å². The molecule has 1 atom stereocenters. The smallest absolute Gasteiger partial charge is 0.220 e. The molecule has 3 aromatic rings. The molecule has 2 aliphatic heterocycles. The monoisotopic (exact) mass is 662 g/mol. The minimum absolute atomic E-state index is 0. The number of aromatic nitrogens is 1. The summed E-state index contributed by atoms with van der Waals surface area (Å²) < 4.78 is 6.07. The van der Waals surface area contributed by atoms with Crippen molar-refractivity contribution in [2.45, 2.75) is 109 Å². The van der Waals surface area contributed by atoms with E-state index < -0.39 is 0 Å². The summed E-state index contributed by atoms with van der Waals surface area (Å²) in [6, 6.07) is 21.2. The van der Waals surface area contributed by atoms with Gasteiger partial charge in [0.05, 0.1) is 11.1 Å². The van der Waals surface area contributed by atoms with E-state index in [1.165, 1.54) is 48.3 Å². The van der Waals surface area contributed by atoms with E-state index in [4.69, 9.17) is 26.7 Å². The van der Waals surface area contributed by atoms with E-state index in [0.717, 1.165) is 90.1 Å². The minimum Gasteiger partial charge on any atom is -0.445 e. The lowest BCUT2D eigenvalue weighted by Gasteiger charge is -2.30. The Hall–Kier alpha value is -3.00. The Kier molecular flexibility index (Phi) is 15.0. The van der Waals surface area contributed by atoms with E-state index >= 15 is 0 Å². The zero-order valence-corrected chi connectivity index (χ0v) is 28.0. The van der Waals surface area contributed by atoms with Crippen molar-refractivity contribution in [3.8, 4) is 0 Å². The van der Waals surface area contributed by atoms with Crippen molar-refractivity contribution in [2.24, 2.45) is 11.7 Å². The van der Waals surface area contributed by atoms with Gasteiger partial charge in [0.1, 0.15) is 5.76 Å². The number of hydrogen-bond donors (Lipinski definition) is 1. The van der Waals surface area contributed by atoms with Crippen molar-refractivity contribution >= 4 is 23.3 Å². The Labute approximate surface area is 287 Å². The number of carbonyl (C=O) groups is 2. The van der Waals surface area contributed by atoms with Gasteiger partial charge in [0, 0.05) is 37.8 Å². The predicted molar refractivity (Wildman–Crippen MR) is 190 cm³/mol. The summed E-state index contributed by atoms with van der Waals surface area (Å²) >= 11 is 5.62. The number of hydrogen-bond acceptors (Lipinski definition) is 6. The minimum atomic E-state index is -0.163. The van der Waals surface area contributed by atoms with Crippen molar-refractivity contribution < 1.29 is 14.0 Å². The summed E-state index contributed by atoms with van der Waals surface area (Å²) in [6.07, 6.45) is 12.7. The number of alkyl halides is 1. The fourth-order valence-corrected chi connectivity index (χ4v) is 7.15. The lowest BCUT2D eigenvalue weighted by Crippen LogP contribution is -2.38. The number of likely N-dealkylation sites (tertiary alicyclic amines) is 2. The molecule has 2 saturated heterocycles. The van der Waals surface area contributed by atoms with Gasteiger partial charge in [-0.05, 0) is 95.1 Å². The molecule has 1 saturated carbocycles. The zero-order chi connectivity index (χ0) is 32.1. The fourth-order valence-electron chi connectivity index (χ4n) is 6.88. The van der Waals surface area contributed by atoms with Gasteiger partial charge in [-0.25, -0.2) is 4.98 Å². The largest absolute Gasteiger partial charge is 0.445 e. The molecule has 1 amide bonds. The molecule has 2 aliphatic carbocycles. The van der Waals surface area contributed by atoms with Gasteiger partial charge in [0.2, 0.25) is 5.91 Å². The van der Waals surface area contributed by atoms with Gasteiger partial charge >= 0.3 is 0 Å². The molecule has 256 valence electrons. The van der Waals surface area contributed by atoms with Gasteiger partial charge < -0.3 is 10.2 Å². The zero-order valence-electron chi connectivity index (χ0n) is 27.3. The second-order valence-corrected chi connectivity index (χ2v) is 13.8. The molecule has 2 N–H and O–H groups in total. The van der Waals surface area contributed by atoms with Crippen molar-refractivity contribution in [3.63, 3.8) is 0 Å². The molecule has 0 spiro atoms. The molecule has 0 bridgehead atoms. The quantitative estimate of drug-likeness (QED) is 0.272. The molecule has 7 nitrogen and oxygen atoms in total. The Morgan fingerprint density at radius 3 is 1.79 bits per heavy atom. The number of piperidine rings is 2. The van der Waals surface area contributed by atoms with E-state index in [2.05, 4.69) is 64.4 Å². The van der Waals surface area contributed by atoms with Crippen LogP contribution in [0.5, 0.6) is 0 Å². The maximum Gasteiger partial charge on any atom is 0.220 e. The molecular formula is C39H55ClN4O3. The molecule has 47 heavy (non-hydrogen) atoms. The Morgan fingerprint density at radius 2 is 1.30 bits per heavy atom. The molecule has 3 fully saturated rings. The Balaban J connectivity index is 0.000000175. The average molecular weight is 663 g/mol. The molecule has 8 heteroatoms. The van der Waals surface area contributed by atoms with Gasteiger partial charge in [-0.2, -0.15) is 0 Å². The van der Waals surface area contributed by atoms with Crippen LogP contribution < -0.4 is 5.73 Å². The number of rotatable bonds is 6. The van der Waals surface area contributed by atoms with Gasteiger partial charge in [-0.15, -0.1) is 11.6 Å². The van der Waals surface area contributed by atoms with Crippen LogP contribution in [0.3, 0.4) is 0 Å². The molecule has 7 rings (SSSR count). The van der Waals surface area contributed by atoms with Crippen molar-refractivity contribution in [1.82, 2.24) is 14.8 Å². The van der Waals surface area contributed by atoms with E-state index in [9.17, 15) is 9.59 Å². The highest BCUT2D eigenvalue weighted by Crippen LogP contribution is 2.32. The number of oxazole rings is 1. The molecular weight excluding hydrogens is 608 g/mol. The summed E-state index contributed by atoms with van der Waals surface area (Å²) in [6.45, 7) is 6.28. The van der Waals surface area contributed by atoms with Gasteiger partial charge in [-0.3, -0.25) is 19.4 Å².